The molecule has 6 heteroatoms. The van der Waals surface area contributed by atoms with Gasteiger partial charge in [-0.3, -0.25) is 10.4 Å². The normalized spacial score (nSPS) is 10.8. The number of hydrazine groups is 1. The van der Waals surface area contributed by atoms with Crippen molar-refractivity contribution in [2.24, 2.45) is 5.84 Å². The van der Waals surface area contributed by atoms with Gasteiger partial charge in [-0.15, -0.1) is 0 Å². The first-order valence-electron chi connectivity index (χ1n) is 4.97. The predicted octanol–water partition coefficient (Wildman–Crippen LogP) is 2.01. The Kier molecular flexibility index (Phi) is 3.12. The molecule has 2 rings (SSSR count). The van der Waals surface area contributed by atoms with Crippen LogP contribution in [0.1, 0.15) is 25.5 Å². The molecule has 2 aromatic heterocycles. The highest BCUT2D eigenvalue weighted by molar-refractivity contribution is 7.09. The minimum atomic E-state index is 0.429. The maximum Gasteiger partial charge on any atom is 0.217 e. The molecule has 0 atom stereocenters. The van der Waals surface area contributed by atoms with E-state index < -0.39 is 0 Å². The van der Waals surface area contributed by atoms with Gasteiger partial charge in [0.15, 0.2) is 5.82 Å². The highest BCUT2D eigenvalue weighted by atomic mass is 32.1. The SMILES string of the molecule is CC(C)c1ccc(-c2nsc(NN)n2)cn1. The van der Waals surface area contributed by atoms with Gasteiger partial charge in [-0.05, 0) is 18.1 Å². The van der Waals surface area contributed by atoms with Crippen molar-refractivity contribution in [2.75, 3.05) is 5.43 Å². The second-order valence-electron chi connectivity index (χ2n) is 3.69. The van der Waals surface area contributed by atoms with Crippen LogP contribution < -0.4 is 11.3 Å². The highest BCUT2D eigenvalue weighted by Crippen LogP contribution is 2.21. The molecule has 0 saturated carbocycles. The molecule has 0 bridgehead atoms. The van der Waals surface area contributed by atoms with Crippen LogP contribution in [0.4, 0.5) is 5.13 Å². The van der Waals surface area contributed by atoms with Gasteiger partial charge in [0.1, 0.15) is 0 Å². The second-order valence-corrected chi connectivity index (χ2v) is 4.45. The summed E-state index contributed by atoms with van der Waals surface area (Å²) >= 11 is 1.23. The summed E-state index contributed by atoms with van der Waals surface area (Å²) < 4.78 is 4.18. The van der Waals surface area contributed by atoms with Gasteiger partial charge >= 0.3 is 0 Å². The number of aromatic nitrogens is 3. The molecule has 0 aliphatic rings. The number of nitrogens with zero attached hydrogens (tertiary/aromatic N) is 3. The summed E-state index contributed by atoms with van der Waals surface area (Å²) in [7, 11) is 0. The van der Waals surface area contributed by atoms with Crippen LogP contribution in [0.2, 0.25) is 0 Å². The molecule has 5 nitrogen and oxygen atoms in total. The Morgan fingerprint density at radius 1 is 1.38 bits per heavy atom. The number of anilines is 1. The fourth-order valence-corrected chi connectivity index (χ4v) is 1.78. The van der Waals surface area contributed by atoms with Crippen LogP contribution in [0.15, 0.2) is 18.3 Å². The Morgan fingerprint density at radius 2 is 2.19 bits per heavy atom. The third-order valence-electron chi connectivity index (χ3n) is 2.19. The van der Waals surface area contributed by atoms with E-state index >= 15 is 0 Å². The van der Waals surface area contributed by atoms with E-state index in [1.165, 1.54) is 11.5 Å². The van der Waals surface area contributed by atoms with E-state index in [1.54, 1.807) is 6.20 Å². The number of rotatable bonds is 3. The van der Waals surface area contributed by atoms with Crippen LogP contribution in [0, 0.1) is 0 Å². The fraction of sp³-hybridized carbons (Fsp3) is 0.300. The van der Waals surface area contributed by atoms with E-state index in [-0.39, 0.29) is 0 Å². The summed E-state index contributed by atoms with van der Waals surface area (Å²) in [5.74, 6) is 6.33. The van der Waals surface area contributed by atoms with Crippen molar-refractivity contribution in [3.8, 4) is 11.4 Å². The number of pyridine rings is 1. The summed E-state index contributed by atoms with van der Waals surface area (Å²) in [5, 5.41) is 0.600. The summed E-state index contributed by atoms with van der Waals surface area (Å²) in [6, 6.07) is 3.97. The topological polar surface area (TPSA) is 76.7 Å². The van der Waals surface area contributed by atoms with Crippen molar-refractivity contribution in [1.29, 1.82) is 0 Å². The Hall–Kier alpha value is -1.53. The molecular formula is C10H13N5S. The lowest BCUT2D eigenvalue weighted by Crippen LogP contribution is -2.05. The van der Waals surface area contributed by atoms with Crippen molar-refractivity contribution in [3.05, 3.63) is 24.0 Å². The molecular weight excluding hydrogens is 222 g/mol. The summed E-state index contributed by atoms with van der Waals surface area (Å²) in [5.41, 5.74) is 4.44. The molecule has 0 radical (unpaired) electrons. The van der Waals surface area contributed by atoms with Crippen molar-refractivity contribution >= 4 is 16.7 Å². The highest BCUT2D eigenvalue weighted by Gasteiger charge is 2.07. The van der Waals surface area contributed by atoms with Crippen LogP contribution in [0.3, 0.4) is 0 Å². The van der Waals surface area contributed by atoms with E-state index in [1.807, 2.05) is 12.1 Å². The zero-order valence-electron chi connectivity index (χ0n) is 9.14. The third-order valence-corrected chi connectivity index (χ3v) is 2.83. The molecule has 84 valence electrons. The molecule has 16 heavy (non-hydrogen) atoms. The molecule has 0 spiro atoms. The van der Waals surface area contributed by atoms with Crippen LogP contribution in [-0.2, 0) is 0 Å². The average Bonchev–Trinajstić information content (AvgIpc) is 2.77. The summed E-state index contributed by atoms with van der Waals surface area (Å²) in [6.45, 7) is 4.22. The van der Waals surface area contributed by atoms with Gasteiger partial charge in [0, 0.05) is 29.0 Å². The largest absolute Gasteiger partial charge is 0.299 e. The Balaban J connectivity index is 2.27. The van der Waals surface area contributed by atoms with Crippen molar-refractivity contribution in [2.45, 2.75) is 19.8 Å². The molecule has 0 unspecified atom stereocenters. The third kappa shape index (κ3) is 2.17. The first-order valence-corrected chi connectivity index (χ1v) is 5.74. The quantitative estimate of drug-likeness (QED) is 0.628. The van der Waals surface area contributed by atoms with Gasteiger partial charge < -0.3 is 0 Å². The standard InChI is InChI=1S/C10H13N5S/c1-6(2)8-4-3-7(5-12-8)9-13-10(14-11)16-15-9/h3-6H,11H2,1-2H3,(H,13,14,15). The molecule has 2 aromatic rings. The molecule has 3 N–H and O–H groups in total. The Morgan fingerprint density at radius 3 is 2.69 bits per heavy atom. The number of nitrogens with two attached hydrogens (primary N) is 1. The van der Waals surface area contributed by atoms with E-state index in [2.05, 4.69) is 33.6 Å². The average molecular weight is 235 g/mol. The molecule has 0 amide bonds. The van der Waals surface area contributed by atoms with Crippen LogP contribution in [-0.4, -0.2) is 14.3 Å². The summed E-state index contributed by atoms with van der Waals surface area (Å²) in [4.78, 5) is 8.57. The van der Waals surface area contributed by atoms with Crippen LogP contribution in [0.25, 0.3) is 11.4 Å². The number of nitrogens with one attached hydrogen (secondary N) is 1. The van der Waals surface area contributed by atoms with Gasteiger partial charge in [0.25, 0.3) is 0 Å². The Bertz CT molecular complexity index is 462. The maximum atomic E-state index is 5.25. The van der Waals surface area contributed by atoms with E-state index in [4.69, 9.17) is 5.84 Å². The Labute approximate surface area is 97.9 Å². The summed E-state index contributed by atoms with van der Waals surface area (Å²) in [6.07, 6.45) is 1.79. The van der Waals surface area contributed by atoms with Gasteiger partial charge in [-0.2, -0.15) is 9.36 Å². The van der Waals surface area contributed by atoms with Gasteiger partial charge in [0.2, 0.25) is 5.13 Å². The number of hydrogen-bond acceptors (Lipinski definition) is 6. The van der Waals surface area contributed by atoms with E-state index in [9.17, 15) is 0 Å². The van der Waals surface area contributed by atoms with Crippen molar-refractivity contribution < 1.29 is 0 Å². The molecule has 2 heterocycles. The first kappa shape index (κ1) is 11.0. The lowest BCUT2D eigenvalue weighted by atomic mass is 10.1. The van der Waals surface area contributed by atoms with E-state index in [0.717, 1.165) is 11.3 Å². The molecule has 0 aromatic carbocycles. The maximum absolute atomic E-state index is 5.25. The van der Waals surface area contributed by atoms with Gasteiger partial charge in [-0.25, -0.2) is 5.84 Å². The molecule has 0 fully saturated rings. The van der Waals surface area contributed by atoms with Crippen LogP contribution >= 0.6 is 11.5 Å². The van der Waals surface area contributed by atoms with Gasteiger partial charge in [-0.1, -0.05) is 13.8 Å². The molecule has 0 saturated heterocycles. The first-order chi connectivity index (χ1) is 7.70. The lowest BCUT2D eigenvalue weighted by molar-refractivity contribution is 0.823. The zero-order chi connectivity index (χ0) is 11.5. The molecule has 0 aliphatic heterocycles. The number of hydrogen-bond donors (Lipinski definition) is 2. The predicted molar refractivity (Wildman–Crippen MR) is 65.0 cm³/mol. The minimum absolute atomic E-state index is 0.429. The van der Waals surface area contributed by atoms with Gasteiger partial charge in [0.05, 0.1) is 0 Å². The fourth-order valence-electron chi connectivity index (χ4n) is 1.28. The molecule has 0 aliphatic carbocycles. The smallest absolute Gasteiger partial charge is 0.217 e. The van der Waals surface area contributed by atoms with E-state index in [0.29, 0.717) is 16.9 Å². The minimum Gasteiger partial charge on any atom is -0.299 e. The van der Waals surface area contributed by atoms with Crippen molar-refractivity contribution in [1.82, 2.24) is 14.3 Å². The lowest BCUT2D eigenvalue weighted by Gasteiger charge is -2.03. The number of nitrogen functional groups attached to an aromatic ring is 1. The van der Waals surface area contributed by atoms with Crippen molar-refractivity contribution in [3.63, 3.8) is 0 Å². The zero-order valence-corrected chi connectivity index (χ0v) is 9.95. The monoisotopic (exact) mass is 235 g/mol. The second kappa shape index (κ2) is 4.54. The van der Waals surface area contributed by atoms with Crippen LogP contribution in [0.5, 0.6) is 0 Å².